The molecular formula is C14H28N2O+2. The topological polar surface area (TPSA) is 26.0 Å². The van der Waals surface area contributed by atoms with Gasteiger partial charge in [-0.1, -0.05) is 6.42 Å². The maximum atomic E-state index is 11.9. The van der Waals surface area contributed by atoms with Crippen LogP contribution in [0, 0.1) is 5.92 Å². The lowest BCUT2D eigenvalue weighted by Crippen LogP contribution is -3.18. The number of rotatable bonds is 4. The van der Waals surface area contributed by atoms with Gasteiger partial charge in [-0.05, 0) is 12.8 Å². The Bertz CT molecular complexity index is 265. The van der Waals surface area contributed by atoms with Crippen molar-refractivity contribution in [2.45, 2.75) is 44.6 Å². The first-order chi connectivity index (χ1) is 8.18. The summed E-state index contributed by atoms with van der Waals surface area (Å²) in [6, 6.07) is 0.669. The van der Waals surface area contributed by atoms with Gasteiger partial charge in [-0.2, -0.15) is 0 Å². The first-order valence-corrected chi connectivity index (χ1v) is 7.35. The number of hydrogen-bond acceptors (Lipinski definition) is 1. The zero-order valence-corrected chi connectivity index (χ0v) is 11.4. The van der Waals surface area contributed by atoms with Gasteiger partial charge in [0.15, 0.2) is 0 Å². The second-order valence-corrected chi connectivity index (χ2v) is 6.18. The van der Waals surface area contributed by atoms with E-state index in [1.807, 2.05) is 0 Å². The van der Waals surface area contributed by atoms with Gasteiger partial charge in [-0.25, -0.2) is 0 Å². The van der Waals surface area contributed by atoms with Crippen LogP contribution in [0.15, 0.2) is 0 Å². The van der Waals surface area contributed by atoms with E-state index in [1.54, 1.807) is 4.90 Å². The van der Waals surface area contributed by atoms with Crippen molar-refractivity contribution >= 4 is 5.78 Å². The molecule has 1 heterocycles. The first kappa shape index (κ1) is 13.0. The molecule has 1 saturated heterocycles. The normalized spacial score (nSPS) is 33.8. The fourth-order valence-electron chi connectivity index (χ4n) is 3.64. The van der Waals surface area contributed by atoms with Crippen LogP contribution in [0.4, 0.5) is 0 Å². The van der Waals surface area contributed by atoms with E-state index in [0.717, 1.165) is 13.0 Å². The summed E-state index contributed by atoms with van der Waals surface area (Å²) in [7, 11) is 4.44. The summed E-state index contributed by atoms with van der Waals surface area (Å²) in [5, 5.41) is 0. The highest BCUT2D eigenvalue weighted by atomic mass is 16.1. The van der Waals surface area contributed by atoms with Crippen molar-refractivity contribution in [1.82, 2.24) is 0 Å². The van der Waals surface area contributed by atoms with Gasteiger partial charge in [0.05, 0.1) is 52.1 Å². The molecule has 2 N–H and O–H groups in total. The predicted molar refractivity (Wildman–Crippen MR) is 68.4 cm³/mol. The number of piperidine rings is 1. The third-order valence-corrected chi connectivity index (χ3v) is 4.57. The number of fused-ring (bicyclic) bond motifs is 1. The van der Waals surface area contributed by atoms with Crippen LogP contribution in [-0.2, 0) is 4.79 Å². The maximum Gasteiger partial charge on any atom is 0.147 e. The summed E-state index contributed by atoms with van der Waals surface area (Å²) < 4.78 is 0. The molecule has 2 rings (SSSR count). The van der Waals surface area contributed by atoms with Crippen LogP contribution in [-0.4, -0.2) is 45.6 Å². The molecule has 0 aromatic rings. The lowest BCUT2D eigenvalue weighted by molar-refractivity contribution is -0.936. The molecule has 0 aromatic carbocycles. The molecule has 0 radical (unpaired) electrons. The summed E-state index contributed by atoms with van der Waals surface area (Å²) in [4.78, 5) is 15.2. The van der Waals surface area contributed by atoms with Crippen LogP contribution in [0.2, 0.25) is 0 Å². The summed E-state index contributed by atoms with van der Waals surface area (Å²) in [6.07, 6.45) is 7.23. The lowest BCUT2D eigenvalue weighted by atomic mass is 9.77. The Morgan fingerprint density at radius 3 is 2.82 bits per heavy atom. The highest BCUT2D eigenvalue weighted by Gasteiger charge is 2.41. The van der Waals surface area contributed by atoms with Crippen molar-refractivity contribution in [3.05, 3.63) is 0 Å². The number of carbonyl (C=O) groups excluding carboxylic acids is 1. The van der Waals surface area contributed by atoms with Crippen molar-refractivity contribution in [1.29, 1.82) is 0 Å². The molecule has 17 heavy (non-hydrogen) atoms. The van der Waals surface area contributed by atoms with E-state index in [2.05, 4.69) is 14.1 Å². The second kappa shape index (κ2) is 5.96. The highest BCUT2D eigenvalue weighted by Crippen LogP contribution is 2.26. The highest BCUT2D eigenvalue weighted by molar-refractivity contribution is 5.82. The molecule has 0 bridgehead atoms. The molecule has 1 saturated carbocycles. The summed E-state index contributed by atoms with van der Waals surface area (Å²) in [5.74, 6) is 0.982. The van der Waals surface area contributed by atoms with Crippen LogP contribution in [0.3, 0.4) is 0 Å². The van der Waals surface area contributed by atoms with Crippen molar-refractivity contribution in [2.24, 2.45) is 5.92 Å². The average molecular weight is 240 g/mol. The molecule has 1 aliphatic carbocycles. The van der Waals surface area contributed by atoms with Crippen LogP contribution < -0.4 is 9.80 Å². The van der Waals surface area contributed by atoms with E-state index < -0.39 is 0 Å². The Morgan fingerprint density at radius 1 is 1.29 bits per heavy atom. The zero-order chi connectivity index (χ0) is 12.3. The van der Waals surface area contributed by atoms with Crippen LogP contribution in [0.25, 0.3) is 0 Å². The van der Waals surface area contributed by atoms with E-state index in [9.17, 15) is 4.79 Å². The number of ketones is 1. The Labute approximate surface area is 105 Å². The van der Waals surface area contributed by atoms with Crippen molar-refractivity contribution in [3.63, 3.8) is 0 Å². The van der Waals surface area contributed by atoms with Gasteiger partial charge in [0, 0.05) is 12.8 Å². The number of nitrogens with one attached hydrogen (secondary N) is 2. The van der Waals surface area contributed by atoms with Gasteiger partial charge in [-0.15, -0.1) is 0 Å². The van der Waals surface area contributed by atoms with Gasteiger partial charge < -0.3 is 9.80 Å². The zero-order valence-electron chi connectivity index (χ0n) is 11.4. The predicted octanol–water partition coefficient (Wildman–Crippen LogP) is -1.06. The Hall–Kier alpha value is -0.410. The molecule has 1 aliphatic heterocycles. The van der Waals surface area contributed by atoms with Crippen molar-refractivity contribution in [3.8, 4) is 0 Å². The third-order valence-electron chi connectivity index (χ3n) is 4.57. The summed E-state index contributed by atoms with van der Waals surface area (Å²) in [5.41, 5.74) is 0. The van der Waals surface area contributed by atoms with Gasteiger partial charge in [-0.3, -0.25) is 4.79 Å². The number of quaternary nitrogens is 2. The minimum Gasteiger partial charge on any atom is -0.340 e. The third kappa shape index (κ3) is 3.29. The standard InChI is InChI=1S/C14H26N2O/c1-15(2)9-5-10-16-11-8-14(17)12-6-3-4-7-13(12)16/h12-13H,3-11H2,1-2H3/p+2/t12-,13+/m1/s1. The Kier molecular flexibility index (Phi) is 4.57. The maximum absolute atomic E-state index is 11.9. The largest absolute Gasteiger partial charge is 0.340 e. The van der Waals surface area contributed by atoms with E-state index >= 15 is 0 Å². The first-order valence-electron chi connectivity index (χ1n) is 7.35. The smallest absolute Gasteiger partial charge is 0.147 e. The van der Waals surface area contributed by atoms with Crippen molar-refractivity contribution < 1.29 is 14.6 Å². The van der Waals surface area contributed by atoms with Crippen LogP contribution in [0.1, 0.15) is 38.5 Å². The van der Waals surface area contributed by atoms with Gasteiger partial charge >= 0.3 is 0 Å². The van der Waals surface area contributed by atoms with Gasteiger partial charge in [0.25, 0.3) is 0 Å². The quantitative estimate of drug-likeness (QED) is 0.643. The summed E-state index contributed by atoms with van der Waals surface area (Å²) in [6.45, 7) is 3.64. The number of likely N-dealkylation sites (tertiary alicyclic amines) is 1. The fourth-order valence-corrected chi connectivity index (χ4v) is 3.64. The molecule has 3 atom stereocenters. The number of carbonyl (C=O) groups is 1. The molecule has 2 aliphatic rings. The minimum atomic E-state index is 0.416. The molecule has 0 spiro atoms. The molecule has 1 unspecified atom stereocenters. The van der Waals surface area contributed by atoms with Gasteiger partial charge in [0.2, 0.25) is 0 Å². The van der Waals surface area contributed by atoms with E-state index in [1.165, 1.54) is 50.1 Å². The Morgan fingerprint density at radius 2 is 2.06 bits per heavy atom. The van der Waals surface area contributed by atoms with Crippen LogP contribution >= 0.6 is 0 Å². The molecular weight excluding hydrogens is 212 g/mol. The fraction of sp³-hybridized carbons (Fsp3) is 0.929. The van der Waals surface area contributed by atoms with E-state index in [-0.39, 0.29) is 0 Å². The number of hydrogen-bond donors (Lipinski definition) is 2. The van der Waals surface area contributed by atoms with E-state index in [0.29, 0.717) is 17.7 Å². The molecule has 3 nitrogen and oxygen atoms in total. The van der Waals surface area contributed by atoms with Crippen molar-refractivity contribution in [2.75, 3.05) is 33.7 Å². The lowest BCUT2D eigenvalue weighted by Gasteiger charge is -2.40. The molecule has 3 heteroatoms. The van der Waals surface area contributed by atoms with E-state index in [4.69, 9.17) is 0 Å². The van der Waals surface area contributed by atoms with Crippen LogP contribution in [0.5, 0.6) is 0 Å². The molecule has 2 fully saturated rings. The second-order valence-electron chi connectivity index (χ2n) is 6.18. The minimum absolute atomic E-state index is 0.416. The average Bonchev–Trinajstić information content (AvgIpc) is 2.32. The molecule has 0 amide bonds. The monoisotopic (exact) mass is 240 g/mol. The molecule has 98 valence electrons. The van der Waals surface area contributed by atoms with Gasteiger partial charge in [0.1, 0.15) is 5.78 Å². The Balaban J connectivity index is 1.86. The SMILES string of the molecule is C[NH+](C)CCC[NH+]1CCC(=O)[C@@H]2CCCC[C@@H]21. The number of Topliss-reactive ketones (excluding diaryl/α,β-unsaturated/α-hetero) is 1. The molecule has 0 aromatic heterocycles. The summed E-state index contributed by atoms with van der Waals surface area (Å²) >= 11 is 0.